The standard InChI is InChI=1S/C18H24N6O3S/c1-3-23-16(20-21-18(23)28)11-19-17(25)14-10-13(24(26)27)4-5-15(14)22-8-6-12(2)7-9-22/h4-5,10,12H,3,6-9,11H2,1-2H3,(H,19,25)(H,21,28). The van der Waals surface area contributed by atoms with Gasteiger partial charge in [-0.3, -0.25) is 20.0 Å². The summed E-state index contributed by atoms with van der Waals surface area (Å²) < 4.78 is 2.28. The molecule has 10 heteroatoms. The van der Waals surface area contributed by atoms with Crippen molar-refractivity contribution in [3.63, 3.8) is 0 Å². The molecule has 0 spiro atoms. The predicted octanol–water partition coefficient (Wildman–Crippen LogP) is 3.04. The molecular formula is C18H24N6O3S. The second-order valence-electron chi connectivity index (χ2n) is 7.00. The van der Waals surface area contributed by atoms with Crippen molar-refractivity contribution < 1.29 is 9.72 Å². The van der Waals surface area contributed by atoms with E-state index in [0.717, 1.165) is 31.6 Å². The van der Waals surface area contributed by atoms with Gasteiger partial charge in [0, 0.05) is 31.8 Å². The first-order valence-electron chi connectivity index (χ1n) is 9.36. The second kappa shape index (κ2) is 8.51. The lowest BCUT2D eigenvalue weighted by Crippen LogP contribution is -2.35. The summed E-state index contributed by atoms with van der Waals surface area (Å²) in [5, 5.41) is 20.9. The number of piperidine rings is 1. The molecular weight excluding hydrogens is 380 g/mol. The molecule has 28 heavy (non-hydrogen) atoms. The number of hydrogen-bond donors (Lipinski definition) is 2. The molecule has 1 aliphatic rings. The summed E-state index contributed by atoms with van der Waals surface area (Å²) in [5.41, 5.74) is 0.931. The van der Waals surface area contributed by atoms with Gasteiger partial charge in [0.1, 0.15) is 0 Å². The topological polar surface area (TPSA) is 109 Å². The average Bonchev–Trinajstić information content (AvgIpc) is 3.05. The van der Waals surface area contributed by atoms with Gasteiger partial charge in [-0.05, 0) is 44.0 Å². The molecule has 0 atom stereocenters. The maximum Gasteiger partial charge on any atom is 0.270 e. The van der Waals surface area contributed by atoms with Crippen LogP contribution in [0.4, 0.5) is 11.4 Å². The summed E-state index contributed by atoms with van der Waals surface area (Å²) in [6.45, 7) is 6.61. The van der Waals surface area contributed by atoms with Crippen molar-refractivity contribution in [1.82, 2.24) is 20.1 Å². The number of anilines is 1. The Hall–Kier alpha value is -2.75. The van der Waals surface area contributed by atoms with E-state index in [9.17, 15) is 14.9 Å². The largest absolute Gasteiger partial charge is 0.371 e. The second-order valence-corrected chi connectivity index (χ2v) is 7.39. The number of carbonyl (C=O) groups excluding carboxylic acids is 1. The number of amides is 1. The molecule has 0 unspecified atom stereocenters. The minimum Gasteiger partial charge on any atom is -0.371 e. The van der Waals surface area contributed by atoms with Crippen molar-refractivity contribution in [2.45, 2.75) is 39.8 Å². The van der Waals surface area contributed by atoms with Crippen LogP contribution >= 0.6 is 12.2 Å². The van der Waals surface area contributed by atoms with Crippen LogP contribution in [-0.4, -0.2) is 38.7 Å². The third kappa shape index (κ3) is 4.22. The summed E-state index contributed by atoms with van der Waals surface area (Å²) in [4.78, 5) is 25.7. The van der Waals surface area contributed by atoms with Crippen molar-refractivity contribution in [3.8, 4) is 0 Å². The van der Waals surface area contributed by atoms with E-state index in [4.69, 9.17) is 12.2 Å². The Kier molecular flexibility index (Phi) is 6.08. The lowest BCUT2D eigenvalue weighted by molar-refractivity contribution is -0.384. The highest BCUT2D eigenvalue weighted by atomic mass is 32.1. The molecule has 150 valence electrons. The highest BCUT2D eigenvalue weighted by molar-refractivity contribution is 7.71. The average molecular weight is 404 g/mol. The number of nitro benzene ring substituents is 1. The monoisotopic (exact) mass is 404 g/mol. The van der Waals surface area contributed by atoms with Crippen LogP contribution < -0.4 is 10.2 Å². The minimum absolute atomic E-state index is 0.101. The summed E-state index contributed by atoms with van der Waals surface area (Å²) >= 11 is 5.16. The van der Waals surface area contributed by atoms with Gasteiger partial charge >= 0.3 is 0 Å². The number of hydrogen-bond acceptors (Lipinski definition) is 6. The summed E-state index contributed by atoms with van der Waals surface area (Å²) in [6, 6.07) is 4.47. The Morgan fingerprint density at radius 3 is 2.79 bits per heavy atom. The fourth-order valence-electron chi connectivity index (χ4n) is 3.41. The molecule has 0 bridgehead atoms. The van der Waals surface area contributed by atoms with Crippen molar-refractivity contribution in [2.24, 2.45) is 5.92 Å². The van der Waals surface area contributed by atoms with Crippen LogP contribution in [0, 0.1) is 20.8 Å². The van der Waals surface area contributed by atoms with Gasteiger partial charge in [0.2, 0.25) is 0 Å². The van der Waals surface area contributed by atoms with Gasteiger partial charge in [-0.1, -0.05) is 6.92 Å². The molecule has 3 rings (SSSR count). The van der Waals surface area contributed by atoms with Gasteiger partial charge in [-0.2, -0.15) is 5.10 Å². The van der Waals surface area contributed by atoms with E-state index in [1.54, 1.807) is 10.6 Å². The molecule has 2 N–H and O–H groups in total. The molecule has 2 aromatic rings. The molecule has 1 aromatic heterocycles. The number of nitro groups is 1. The SMILES string of the molecule is CCn1c(CNC(=O)c2cc([N+](=O)[O-])ccc2N2CCC(C)CC2)n[nH]c1=S. The first kappa shape index (κ1) is 20.0. The van der Waals surface area contributed by atoms with E-state index in [1.165, 1.54) is 12.1 Å². The Labute approximate surface area is 167 Å². The number of nitrogens with zero attached hydrogens (tertiary/aromatic N) is 4. The van der Waals surface area contributed by atoms with Crippen LogP contribution in [-0.2, 0) is 13.1 Å². The predicted molar refractivity (Wildman–Crippen MR) is 108 cm³/mol. The highest BCUT2D eigenvalue weighted by Gasteiger charge is 2.23. The zero-order valence-electron chi connectivity index (χ0n) is 16.0. The Bertz CT molecular complexity index is 930. The molecule has 1 aromatic carbocycles. The maximum atomic E-state index is 12.9. The zero-order chi connectivity index (χ0) is 20.3. The smallest absolute Gasteiger partial charge is 0.270 e. The summed E-state index contributed by atoms with van der Waals surface area (Å²) in [7, 11) is 0. The maximum absolute atomic E-state index is 12.9. The third-order valence-corrected chi connectivity index (χ3v) is 5.43. The van der Waals surface area contributed by atoms with Crippen LogP contribution in [0.1, 0.15) is 42.9 Å². The number of nitrogens with one attached hydrogen (secondary N) is 2. The van der Waals surface area contributed by atoms with E-state index >= 15 is 0 Å². The number of rotatable bonds is 6. The Balaban J connectivity index is 1.85. The number of benzene rings is 1. The molecule has 1 fully saturated rings. The van der Waals surface area contributed by atoms with Crippen LogP contribution in [0.25, 0.3) is 0 Å². The quantitative estimate of drug-likeness (QED) is 0.435. The first-order chi connectivity index (χ1) is 13.4. The van der Waals surface area contributed by atoms with Crippen molar-refractivity contribution in [1.29, 1.82) is 0 Å². The first-order valence-corrected chi connectivity index (χ1v) is 9.77. The zero-order valence-corrected chi connectivity index (χ0v) is 16.8. The van der Waals surface area contributed by atoms with Crippen molar-refractivity contribution in [2.75, 3.05) is 18.0 Å². The molecule has 2 heterocycles. The molecule has 1 saturated heterocycles. The van der Waals surface area contributed by atoms with E-state index in [-0.39, 0.29) is 18.1 Å². The number of H-pyrrole nitrogens is 1. The van der Waals surface area contributed by atoms with E-state index in [2.05, 4.69) is 27.3 Å². The van der Waals surface area contributed by atoms with Crippen LogP contribution in [0.5, 0.6) is 0 Å². The van der Waals surface area contributed by atoms with E-state index in [0.29, 0.717) is 28.6 Å². The van der Waals surface area contributed by atoms with Gasteiger partial charge in [0.15, 0.2) is 10.6 Å². The van der Waals surface area contributed by atoms with Crippen LogP contribution in [0.15, 0.2) is 18.2 Å². The van der Waals surface area contributed by atoms with E-state index < -0.39 is 4.92 Å². The molecule has 0 saturated carbocycles. The molecule has 1 amide bonds. The molecule has 0 radical (unpaired) electrons. The fraction of sp³-hybridized carbons (Fsp3) is 0.500. The van der Waals surface area contributed by atoms with Gasteiger partial charge < -0.3 is 14.8 Å². The lowest BCUT2D eigenvalue weighted by Gasteiger charge is -2.33. The fourth-order valence-corrected chi connectivity index (χ4v) is 3.69. The molecule has 9 nitrogen and oxygen atoms in total. The highest BCUT2D eigenvalue weighted by Crippen LogP contribution is 2.29. The normalized spacial score (nSPS) is 14.9. The number of aromatic nitrogens is 3. The minimum atomic E-state index is -0.485. The number of carbonyl (C=O) groups is 1. The van der Waals surface area contributed by atoms with Gasteiger partial charge in [0.25, 0.3) is 11.6 Å². The Morgan fingerprint density at radius 1 is 1.43 bits per heavy atom. The Morgan fingerprint density at radius 2 is 2.14 bits per heavy atom. The molecule has 0 aliphatic carbocycles. The van der Waals surface area contributed by atoms with Gasteiger partial charge in [-0.15, -0.1) is 0 Å². The van der Waals surface area contributed by atoms with Crippen molar-refractivity contribution in [3.05, 3.63) is 44.5 Å². The van der Waals surface area contributed by atoms with Crippen LogP contribution in [0.3, 0.4) is 0 Å². The van der Waals surface area contributed by atoms with E-state index in [1.807, 2.05) is 6.92 Å². The number of non-ortho nitro benzene ring substituents is 1. The van der Waals surface area contributed by atoms with Crippen LogP contribution in [0.2, 0.25) is 0 Å². The van der Waals surface area contributed by atoms with Gasteiger partial charge in [-0.25, -0.2) is 0 Å². The third-order valence-electron chi connectivity index (χ3n) is 5.12. The molecule has 1 aliphatic heterocycles. The summed E-state index contributed by atoms with van der Waals surface area (Å²) in [5.74, 6) is 0.886. The summed E-state index contributed by atoms with van der Waals surface area (Å²) in [6.07, 6.45) is 2.06. The van der Waals surface area contributed by atoms with Gasteiger partial charge in [0.05, 0.1) is 22.7 Å². The van der Waals surface area contributed by atoms with Crippen molar-refractivity contribution >= 4 is 29.5 Å². The number of aromatic amines is 1. The lowest BCUT2D eigenvalue weighted by atomic mass is 9.98.